The fourth-order valence-corrected chi connectivity index (χ4v) is 3.22. The average Bonchev–Trinajstić information content (AvgIpc) is 2.84. The molecule has 2 rings (SSSR count). The molecule has 6 nitrogen and oxygen atoms in total. The largest absolute Gasteiger partial charge is 0.401 e. The van der Waals surface area contributed by atoms with Gasteiger partial charge in [-0.2, -0.15) is 15.8 Å². The van der Waals surface area contributed by atoms with Gasteiger partial charge in [0, 0.05) is 28.6 Å². The van der Waals surface area contributed by atoms with Crippen molar-refractivity contribution in [2.24, 2.45) is 16.6 Å². The molecule has 7 heteroatoms. The number of Topliss-reactive ketones (excluding diaryl/α,β-unsaturated/α-hetero) is 1. The van der Waals surface area contributed by atoms with Gasteiger partial charge in [-0.25, -0.2) is 0 Å². The smallest absolute Gasteiger partial charge is 0.172 e. The van der Waals surface area contributed by atoms with Crippen molar-refractivity contribution in [3.8, 4) is 18.2 Å². The van der Waals surface area contributed by atoms with Gasteiger partial charge in [0.2, 0.25) is 0 Å². The van der Waals surface area contributed by atoms with Crippen LogP contribution in [0.25, 0.3) is 0 Å². The first kappa shape index (κ1) is 17.7. The summed E-state index contributed by atoms with van der Waals surface area (Å²) < 4.78 is 0.792. The fraction of sp³-hybridized carbons (Fsp3) is 0.294. The molecule has 1 unspecified atom stereocenters. The van der Waals surface area contributed by atoms with E-state index in [0.717, 1.165) is 4.47 Å². The summed E-state index contributed by atoms with van der Waals surface area (Å²) >= 11 is 3.27. The van der Waals surface area contributed by atoms with E-state index in [-0.39, 0.29) is 17.7 Å². The van der Waals surface area contributed by atoms with E-state index in [1.807, 2.05) is 18.2 Å². The third kappa shape index (κ3) is 2.47. The molecule has 0 amide bonds. The van der Waals surface area contributed by atoms with Crippen molar-refractivity contribution < 1.29 is 9.90 Å². The lowest BCUT2D eigenvalue weighted by atomic mass is 9.63. The van der Waals surface area contributed by atoms with Crippen LogP contribution >= 0.6 is 15.9 Å². The second-order valence-electron chi connectivity index (χ2n) is 5.61. The molecule has 1 aromatic rings. The summed E-state index contributed by atoms with van der Waals surface area (Å²) in [7, 11) is 0. The van der Waals surface area contributed by atoms with Crippen LogP contribution in [0.2, 0.25) is 0 Å². The number of carbonyl (C=O) groups excluding carboxylic acids is 1. The van der Waals surface area contributed by atoms with Gasteiger partial charge in [0.05, 0.1) is 24.8 Å². The number of aliphatic hydroxyl groups excluding tert-OH is 1. The first-order valence-corrected chi connectivity index (χ1v) is 7.80. The van der Waals surface area contributed by atoms with Crippen LogP contribution in [0.5, 0.6) is 0 Å². The minimum Gasteiger partial charge on any atom is -0.401 e. The molecule has 120 valence electrons. The predicted molar refractivity (Wildman–Crippen MR) is 87.7 cm³/mol. The van der Waals surface area contributed by atoms with Crippen molar-refractivity contribution in [2.45, 2.75) is 12.8 Å². The zero-order valence-corrected chi connectivity index (χ0v) is 14.2. The second kappa shape index (κ2) is 6.45. The molecule has 3 N–H and O–H groups in total. The minimum absolute atomic E-state index is 0.0546. The maximum atomic E-state index is 12.6. The van der Waals surface area contributed by atoms with Gasteiger partial charge in [0.1, 0.15) is 5.41 Å². The molecule has 1 aliphatic rings. The first-order valence-electron chi connectivity index (χ1n) is 7.01. The molecule has 0 aliphatic heterocycles. The Labute approximate surface area is 147 Å². The summed E-state index contributed by atoms with van der Waals surface area (Å²) in [6.45, 7) is -0.465. The Hall–Kier alpha value is -2.66. The van der Waals surface area contributed by atoms with Crippen molar-refractivity contribution in [3.63, 3.8) is 0 Å². The van der Waals surface area contributed by atoms with Crippen LogP contribution < -0.4 is 5.73 Å². The normalized spacial score (nSPS) is 21.6. The number of rotatable bonds is 4. The molecule has 1 atom stereocenters. The first-order chi connectivity index (χ1) is 11.4. The molecule has 0 bridgehead atoms. The number of allylic oxidation sites excluding steroid dienone is 1. The highest BCUT2D eigenvalue weighted by atomic mass is 79.9. The van der Waals surface area contributed by atoms with Gasteiger partial charge < -0.3 is 10.8 Å². The summed E-state index contributed by atoms with van der Waals surface area (Å²) in [5.41, 5.74) is 2.96. The Balaban J connectivity index is 2.53. The van der Waals surface area contributed by atoms with E-state index in [2.05, 4.69) is 15.9 Å². The second-order valence-corrected chi connectivity index (χ2v) is 6.52. The van der Waals surface area contributed by atoms with Crippen LogP contribution in [-0.4, -0.2) is 17.5 Å². The third-order valence-corrected chi connectivity index (χ3v) is 4.93. The van der Waals surface area contributed by atoms with Crippen LogP contribution in [-0.2, 0) is 0 Å². The molecular formula is C17H13BrN4O2. The summed E-state index contributed by atoms with van der Waals surface area (Å²) in [5.74, 6) is -0.402. The molecule has 1 aliphatic carbocycles. The number of hydrogen-bond donors (Lipinski definition) is 2. The highest BCUT2D eigenvalue weighted by molar-refractivity contribution is 9.10. The topological polar surface area (TPSA) is 135 Å². The molecule has 0 aromatic heterocycles. The maximum Gasteiger partial charge on any atom is 0.172 e. The van der Waals surface area contributed by atoms with Gasteiger partial charge in [-0.1, -0.05) is 28.1 Å². The van der Waals surface area contributed by atoms with E-state index in [1.165, 1.54) is 0 Å². The highest BCUT2D eigenvalue weighted by Gasteiger charge is 2.61. The number of ketones is 1. The number of benzene rings is 1. The molecule has 0 spiro atoms. The van der Waals surface area contributed by atoms with Crippen molar-refractivity contribution >= 4 is 21.7 Å². The minimum atomic E-state index is -1.80. The predicted octanol–water partition coefficient (Wildman–Crippen LogP) is 2.17. The van der Waals surface area contributed by atoms with E-state index >= 15 is 0 Å². The Bertz CT molecular complexity index is 825. The monoisotopic (exact) mass is 384 g/mol. The fourth-order valence-electron chi connectivity index (χ4n) is 2.95. The third-order valence-electron chi connectivity index (χ3n) is 4.40. The van der Waals surface area contributed by atoms with Gasteiger partial charge in [-0.3, -0.25) is 4.79 Å². The van der Waals surface area contributed by atoms with Crippen LogP contribution in [0, 0.1) is 44.8 Å². The van der Waals surface area contributed by atoms with Crippen molar-refractivity contribution in [1.82, 2.24) is 0 Å². The van der Waals surface area contributed by atoms with Gasteiger partial charge in [0.25, 0.3) is 0 Å². The van der Waals surface area contributed by atoms with Crippen LogP contribution in [0.15, 0.2) is 40.0 Å². The number of hydrogen-bond acceptors (Lipinski definition) is 6. The number of halogens is 1. The average molecular weight is 385 g/mol. The van der Waals surface area contributed by atoms with Gasteiger partial charge in [-0.15, -0.1) is 0 Å². The molecule has 1 aromatic carbocycles. The quantitative estimate of drug-likeness (QED) is 0.763. The zero-order chi connectivity index (χ0) is 18.0. The van der Waals surface area contributed by atoms with E-state index in [4.69, 9.17) is 5.73 Å². The zero-order valence-electron chi connectivity index (χ0n) is 12.6. The lowest BCUT2D eigenvalue weighted by Crippen LogP contribution is -2.41. The maximum absolute atomic E-state index is 12.6. The van der Waals surface area contributed by atoms with Crippen LogP contribution in [0.4, 0.5) is 0 Å². The standard InChI is InChI=1S/C17H13BrN4O2/c18-13-3-1-11(2-4-13)14(24)6-17(10-21)15(22)12(7-23)5-16(17,8-19)9-20/h1-4,23H,5-7,22H2. The van der Waals surface area contributed by atoms with Gasteiger partial charge in [-0.05, 0) is 17.7 Å². The summed E-state index contributed by atoms with van der Waals surface area (Å²) in [6.07, 6.45) is -0.550. The molecular weight excluding hydrogens is 372 g/mol. The summed E-state index contributed by atoms with van der Waals surface area (Å²) in [4.78, 5) is 12.6. The van der Waals surface area contributed by atoms with Gasteiger partial charge >= 0.3 is 0 Å². The van der Waals surface area contributed by atoms with Gasteiger partial charge in [0.15, 0.2) is 11.2 Å². The summed E-state index contributed by atoms with van der Waals surface area (Å²) in [5, 5.41) is 38.2. The van der Waals surface area contributed by atoms with Crippen LogP contribution in [0.1, 0.15) is 23.2 Å². The highest BCUT2D eigenvalue weighted by Crippen LogP contribution is 2.55. The van der Waals surface area contributed by atoms with Crippen molar-refractivity contribution in [3.05, 3.63) is 45.6 Å². The SMILES string of the molecule is N#CC1(C#N)CC(CO)=C(N)C1(C#N)CC(=O)c1ccc(Br)cc1. The molecule has 0 heterocycles. The molecule has 24 heavy (non-hydrogen) atoms. The Morgan fingerprint density at radius 2 is 1.79 bits per heavy atom. The number of nitriles is 3. The number of carbonyl (C=O) groups is 1. The number of nitrogens with zero attached hydrogens (tertiary/aromatic N) is 3. The van der Waals surface area contributed by atoms with E-state index in [0.29, 0.717) is 5.56 Å². The summed E-state index contributed by atoms with van der Waals surface area (Å²) in [6, 6.07) is 12.2. The number of aliphatic hydroxyl groups is 1. The van der Waals surface area contributed by atoms with Crippen molar-refractivity contribution in [2.75, 3.05) is 6.61 Å². The Kier molecular flexibility index (Phi) is 4.76. The van der Waals surface area contributed by atoms with E-state index in [1.54, 1.807) is 24.3 Å². The van der Waals surface area contributed by atoms with E-state index < -0.39 is 29.6 Å². The van der Waals surface area contributed by atoms with Crippen molar-refractivity contribution in [1.29, 1.82) is 15.8 Å². The Morgan fingerprint density at radius 3 is 2.25 bits per heavy atom. The Morgan fingerprint density at radius 1 is 1.21 bits per heavy atom. The lowest BCUT2D eigenvalue weighted by Gasteiger charge is -2.31. The molecule has 0 saturated carbocycles. The van der Waals surface area contributed by atoms with E-state index in [9.17, 15) is 25.7 Å². The molecule has 0 saturated heterocycles. The van der Waals surface area contributed by atoms with Crippen LogP contribution in [0.3, 0.4) is 0 Å². The lowest BCUT2D eigenvalue weighted by molar-refractivity contribution is 0.0924. The molecule has 0 radical (unpaired) electrons. The molecule has 0 fully saturated rings. The number of nitrogens with two attached hydrogens (primary N) is 1.